The van der Waals surface area contributed by atoms with Gasteiger partial charge in [-0.3, -0.25) is 9.67 Å². The van der Waals surface area contributed by atoms with Crippen molar-refractivity contribution in [3.8, 4) is 11.4 Å². The second kappa shape index (κ2) is 7.03. The smallest absolute Gasteiger partial charge is 0.211 e. The molecule has 24 heavy (non-hydrogen) atoms. The number of nitrogens with zero attached hydrogens (tertiary/aromatic N) is 4. The number of aromatic nitrogens is 3. The van der Waals surface area contributed by atoms with Crippen molar-refractivity contribution in [2.24, 2.45) is 5.92 Å². The van der Waals surface area contributed by atoms with Gasteiger partial charge in [-0.2, -0.15) is 5.10 Å². The third-order valence-electron chi connectivity index (χ3n) is 4.58. The van der Waals surface area contributed by atoms with E-state index in [2.05, 4.69) is 23.1 Å². The van der Waals surface area contributed by atoms with Gasteiger partial charge in [-0.05, 0) is 55.9 Å². The lowest BCUT2D eigenvalue weighted by Gasteiger charge is -2.31. The van der Waals surface area contributed by atoms with Crippen LogP contribution in [0.15, 0.2) is 30.6 Å². The van der Waals surface area contributed by atoms with E-state index < -0.39 is 10.0 Å². The van der Waals surface area contributed by atoms with Crippen LogP contribution >= 0.6 is 0 Å². The van der Waals surface area contributed by atoms with Crippen molar-refractivity contribution < 1.29 is 8.42 Å². The maximum absolute atomic E-state index is 11.8. The Bertz CT molecular complexity index is 800. The van der Waals surface area contributed by atoms with Gasteiger partial charge in [-0.1, -0.05) is 0 Å². The minimum Gasteiger partial charge on any atom is -0.264 e. The first-order valence-corrected chi connectivity index (χ1v) is 10.2. The van der Waals surface area contributed by atoms with Crippen LogP contribution in [0.1, 0.15) is 25.3 Å². The summed E-state index contributed by atoms with van der Waals surface area (Å²) in [5.41, 5.74) is 3.13. The van der Waals surface area contributed by atoms with Crippen molar-refractivity contribution in [1.29, 1.82) is 0 Å². The maximum atomic E-state index is 11.8. The van der Waals surface area contributed by atoms with Gasteiger partial charge in [0.25, 0.3) is 0 Å². The number of sulfonamides is 1. The largest absolute Gasteiger partial charge is 0.264 e. The maximum Gasteiger partial charge on any atom is 0.211 e. The van der Waals surface area contributed by atoms with Crippen molar-refractivity contribution >= 4 is 10.0 Å². The van der Waals surface area contributed by atoms with E-state index in [0.717, 1.165) is 37.2 Å². The van der Waals surface area contributed by atoms with Crippen LogP contribution in [0.5, 0.6) is 0 Å². The van der Waals surface area contributed by atoms with Crippen LogP contribution in [0.2, 0.25) is 0 Å². The molecule has 0 bridgehead atoms. The zero-order valence-electron chi connectivity index (χ0n) is 14.2. The number of rotatable bonds is 5. The molecule has 1 atom stereocenters. The van der Waals surface area contributed by atoms with E-state index in [1.54, 1.807) is 10.5 Å². The fraction of sp³-hybridized carbons (Fsp3) is 0.529. The molecule has 2 aromatic heterocycles. The molecule has 0 spiro atoms. The first kappa shape index (κ1) is 17.1. The van der Waals surface area contributed by atoms with E-state index in [1.807, 2.05) is 23.0 Å². The van der Waals surface area contributed by atoms with Gasteiger partial charge in [0.2, 0.25) is 10.0 Å². The minimum absolute atomic E-state index is 0.361. The summed E-state index contributed by atoms with van der Waals surface area (Å²) in [6.07, 6.45) is 7.79. The summed E-state index contributed by atoms with van der Waals surface area (Å²) >= 11 is 0. The van der Waals surface area contributed by atoms with Crippen molar-refractivity contribution in [3.05, 3.63) is 36.2 Å². The van der Waals surface area contributed by atoms with E-state index >= 15 is 0 Å². The highest BCUT2D eigenvalue weighted by Gasteiger charge is 2.26. The summed E-state index contributed by atoms with van der Waals surface area (Å²) in [5.74, 6) is 0.361. The molecule has 3 heterocycles. The van der Waals surface area contributed by atoms with Crippen LogP contribution in [-0.4, -0.2) is 46.8 Å². The van der Waals surface area contributed by atoms with Gasteiger partial charge in [0.1, 0.15) is 0 Å². The molecule has 2 aromatic rings. The van der Waals surface area contributed by atoms with Crippen molar-refractivity contribution in [3.63, 3.8) is 0 Å². The van der Waals surface area contributed by atoms with E-state index in [-0.39, 0.29) is 0 Å². The Morgan fingerprint density at radius 2 is 2.12 bits per heavy atom. The Labute approximate surface area is 143 Å². The normalized spacial score (nSPS) is 19.5. The lowest BCUT2D eigenvalue weighted by molar-refractivity contribution is 0.267. The van der Waals surface area contributed by atoms with Gasteiger partial charge in [-0.15, -0.1) is 0 Å². The third kappa shape index (κ3) is 3.84. The van der Waals surface area contributed by atoms with Gasteiger partial charge in [0.15, 0.2) is 0 Å². The Morgan fingerprint density at radius 3 is 2.88 bits per heavy atom. The fourth-order valence-electron chi connectivity index (χ4n) is 3.37. The first-order valence-electron chi connectivity index (χ1n) is 8.39. The zero-order chi connectivity index (χ0) is 17.2. The third-order valence-corrected chi connectivity index (χ3v) is 5.85. The van der Waals surface area contributed by atoms with E-state index in [9.17, 15) is 8.42 Å². The predicted octanol–water partition coefficient (Wildman–Crippen LogP) is 2.18. The summed E-state index contributed by atoms with van der Waals surface area (Å²) in [5, 5.41) is 4.30. The van der Waals surface area contributed by atoms with E-state index in [0.29, 0.717) is 19.0 Å². The Morgan fingerprint density at radius 1 is 1.29 bits per heavy atom. The number of hydrogen-bond donors (Lipinski definition) is 0. The number of piperidine rings is 1. The lowest BCUT2D eigenvalue weighted by atomic mass is 9.92. The monoisotopic (exact) mass is 348 g/mol. The molecular formula is C17H24N4O2S. The van der Waals surface area contributed by atoms with Crippen molar-refractivity contribution in [1.82, 2.24) is 19.1 Å². The molecule has 0 aliphatic carbocycles. The zero-order valence-corrected chi connectivity index (χ0v) is 15.0. The molecular weight excluding hydrogens is 324 g/mol. The quantitative estimate of drug-likeness (QED) is 0.830. The topological polar surface area (TPSA) is 68.1 Å². The summed E-state index contributed by atoms with van der Waals surface area (Å²) in [6, 6.07) is 6.10. The number of aryl methyl sites for hydroxylation is 1. The van der Waals surface area contributed by atoms with Crippen molar-refractivity contribution in [2.75, 3.05) is 19.3 Å². The van der Waals surface area contributed by atoms with Crippen LogP contribution in [0.4, 0.5) is 0 Å². The molecule has 3 rings (SSSR count). The predicted molar refractivity (Wildman–Crippen MR) is 94.0 cm³/mol. The molecule has 0 aromatic carbocycles. The van der Waals surface area contributed by atoms with E-state index in [4.69, 9.17) is 0 Å². The average molecular weight is 348 g/mol. The first-order chi connectivity index (χ1) is 11.5. The molecule has 0 saturated carbocycles. The molecule has 130 valence electrons. The lowest BCUT2D eigenvalue weighted by Crippen LogP contribution is -2.39. The van der Waals surface area contributed by atoms with Gasteiger partial charge in [0, 0.05) is 32.0 Å². The Hall–Kier alpha value is -1.73. The van der Waals surface area contributed by atoms with Crippen LogP contribution < -0.4 is 0 Å². The number of pyridine rings is 1. The summed E-state index contributed by atoms with van der Waals surface area (Å²) in [7, 11) is -3.09. The molecule has 0 radical (unpaired) electrons. The molecule has 1 aliphatic rings. The summed E-state index contributed by atoms with van der Waals surface area (Å²) in [6.45, 7) is 4.12. The van der Waals surface area contributed by atoms with E-state index in [1.165, 1.54) is 11.8 Å². The summed E-state index contributed by atoms with van der Waals surface area (Å²) in [4.78, 5) is 4.47. The molecule has 7 heteroatoms. The second-order valence-corrected chi connectivity index (χ2v) is 8.40. The van der Waals surface area contributed by atoms with Crippen LogP contribution in [0.25, 0.3) is 11.4 Å². The number of hydrogen-bond acceptors (Lipinski definition) is 4. The highest BCUT2D eigenvalue weighted by Crippen LogP contribution is 2.24. The fourth-order valence-corrected chi connectivity index (χ4v) is 4.31. The highest BCUT2D eigenvalue weighted by atomic mass is 32.2. The molecule has 0 N–H and O–H groups in total. The Kier molecular flexibility index (Phi) is 5.01. The molecule has 1 aliphatic heterocycles. The Balaban J connectivity index is 1.75. The van der Waals surface area contributed by atoms with Gasteiger partial charge >= 0.3 is 0 Å². The molecule has 6 nitrogen and oxygen atoms in total. The van der Waals surface area contributed by atoms with Crippen LogP contribution in [0.3, 0.4) is 0 Å². The highest BCUT2D eigenvalue weighted by molar-refractivity contribution is 7.88. The molecule has 1 saturated heterocycles. The van der Waals surface area contributed by atoms with Crippen molar-refractivity contribution in [2.45, 2.75) is 32.7 Å². The van der Waals surface area contributed by atoms with Crippen LogP contribution in [-0.2, 0) is 23.0 Å². The molecule has 0 amide bonds. The molecule has 1 fully saturated rings. The van der Waals surface area contributed by atoms with Gasteiger partial charge in [0.05, 0.1) is 17.6 Å². The van der Waals surface area contributed by atoms with Gasteiger partial charge < -0.3 is 0 Å². The standard InChI is InChI=1S/C17H24N4O2S/c1-3-21-17(7-9-19-21)16-12-14(6-8-18-16)11-15-5-4-10-20(13-15)24(2,22)23/h6-9,12,15H,3-5,10-11,13H2,1-2H3/t15-/m1/s1. The molecule has 0 unspecified atom stereocenters. The average Bonchev–Trinajstić information content (AvgIpc) is 3.03. The van der Waals surface area contributed by atoms with Crippen LogP contribution in [0, 0.1) is 5.92 Å². The minimum atomic E-state index is -3.09. The summed E-state index contributed by atoms with van der Waals surface area (Å²) < 4.78 is 27.1. The van der Waals surface area contributed by atoms with Gasteiger partial charge in [-0.25, -0.2) is 12.7 Å². The SMILES string of the molecule is CCn1nccc1-c1cc(C[C@H]2CCCN(S(C)(=O)=O)C2)ccn1. The second-order valence-electron chi connectivity index (χ2n) is 6.41.